The molecule has 0 saturated heterocycles. The standard InChI is InChI=1S/C13H12O2S2/c1-2-15-13(14)8-6-10-5-7-12(17-10)11-4-3-9-16-11/h3-9H,2H2,1H3. The van der Waals surface area contributed by atoms with Gasteiger partial charge in [-0.15, -0.1) is 22.7 Å². The monoisotopic (exact) mass is 264 g/mol. The fourth-order valence-corrected chi connectivity index (χ4v) is 3.08. The van der Waals surface area contributed by atoms with Crippen molar-refractivity contribution in [1.29, 1.82) is 0 Å². The van der Waals surface area contributed by atoms with E-state index in [0.29, 0.717) is 6.61 Å². The Hall–Kier alpha value is -1.39. The molecule has 2 aromatic rings. The van der Waals surface area contributed by atoms with Crippen molar-refractivity contribution in [2.24, 2.45) is 0 Å². The molecule has 2 rings (SSSR count). The minimum Gasteiger partial charge on any atom is -0.463 e. The van der Waals surface area contributed by atoms with E-state index >= 15 is 0 Å². The summed E-state index contributed by atoms with van der Waals surface area (Å²) in [4.78, 5) is 14.7. The summed E-state index contributed by atoms with van der Waals surface area (Å²) in [7, 11) is 0. The van der Waals surface area contributed by atoms with Crippen molar-refractivity contribution >= 4 is 34.7 Å². The zero-order chi connectivity index (χ0) is 12.1. The Morgan fingerprint density at radius 1 is 1.35 bits per heavy atom. The van der Waals surface area contributed by atoms with Crippen LogP contribution in [0.2, 0.25) is 0 Å². The highest BCUT2D eigenvalue weighted by Gasteiger charge is 2.02. The summed E-state index contributed by atoms with van der Waals surface area (Å²) in [6.07, 6.45) is 3.26. The maximum atomic E-state index is 11.1. The predicted molar refractivity (Wildman–Crippen MR) is 73.3 cm³/mol. The molecule has 2 aromatic heterocycles. The summed E-state index contributed by atoms with van der Waals surface area (Å²) < 4.78 is 4.82. The fraction of sp³-hybridized carbons (Fsp3) is 0.154. The third-order valence-corrected chi connectivity index (χ3v) is 4.18. The van der Waals surface area contributed by atoms with Crippen molar-refractivity contribution in [3.8, 4) is 9.75 Å². The van der Waals surface area contributed by atoms with Crippen molar-refractivity contribution in [1.82, 2.24) is 0 Å². The van der Waals surface area contributed by atoms with Crippen LogP contribution in [0.3, 0.4) is 0 Å². The predicted octanol–water partition coefficient (Wildman–Crippen LogP) is 4.05. The lowest BCUT2D eigenvalue weighted by molar-refractivity contribution is -0.137. The fourth-order valence-electron chi connectivity index (χ4n) is 1.33. The molecule has 0 fully saturated rings. The number of esters is 1. The van der Waals surface area contributed by atoms with Crippen LogP contribution >= 0.6 is 22.7 Å². The van der Waals surface area contributed by atoms with Crippen molar-refractivity contribution < 1.29 is 9.53 Å². The van der Waals surface area contributed by atoms with Crippen LogP contribution < -0.4 is 0 Å². The molecular weight excluding hydrogens is 252 g/mol. The third kappa shape index (κ3) is 3.28. The second-order valence-corrected chi connectivity index (χ2v) is 5.33. The largest absolute Gasteiger partial charge is 0.463 e. The molecule has 0 aliphatic rings. The van der Waals surface area contributed by atoms with Crippen LogP contribution in [0, 0.1) is 0 Å². The van der Waals surface area contributed by atoms with Gasteiger partial charge in [-0.3, -0.25) is 0 Å². The maximum absolute atomic E-state index is 11.1. The van der Waals surface area contributed by atoms with Crippen LogP contribution in [0.25, 0.3) is 15.8 Å². The van der Waals surface area contributed by atoms with Crippen LogP contribution in [0.15, 0.2) is 35.7 Å². The molecule has 0 N–H and O–H groups in total. The molecule has 0 bridgehead atoms. The van der Waals surface area contributed by atoms with E-state index in [9.17, 15) is 4.79 Å². The minimum atomic E-state index is -0.293. The molecule has 0 atom stereocenters. The highest BCUT2D eigenvalue weighted by molar-refractivity contribution is 7.21. The van der Waals surface area contributed by atoms with E-state index in [4.69, 9.17) is 4.74 Å². The van der Waals surface area contributed by atoms with Crippen LogP contribution in [-0.4, -0.2) is 12.6 Å². The van der Waals surface area contributed by atoms with Crippen LogP contribution in [0.4, 0.5) is 0 Å². The number of ether oxygens (including phenoxy) is 1. The molecule has 4 heteroatoms. The number of hydrogen-bond acceptors (Lipinski definition) is 4. The van der Waals surface area contributed by atoms with Gasteiger partial charge in [0.05, 0.1) is 6.61 Å². The maximum Gasteiger partial charge on any atom is 0.330 e. The summed E-state index contributed by atoms with van der Waals surface area (Å²) in [5.74, 6) is -0.293. The first-order valence-electron chi connectivity index (χ1n) is 5.28. The Bertz CT molecular complexity index is 509. The van der Waals surface area contributed by atoms with E-state index in [1.54, 1.807) is 35.7 Å². The van der Waals surface area contributed by atoms with Gasteiger partial charge in [-0.25, -0.2) is 4.79 Å². The summed E-state index contributed by atoms with van der Waals surface area (Å²) in [5.41, 5.74) is 0. The molecule has 0 radical (unpaired) electrons. The lowest BCUT2D eigenvalue weighted by Crippen LogP contribution is -1.98. The molecule has 0 unspecified atom stereocenters. The number of rotatable bonds is 4. The molecule has 0 aliphatic heterocycles. The van der Waals surface area contributed by atoms with Crippen molar-refractivity contribution in [2.75, 3.05) is 6.61 Å². The van der Waals surface area contributed by atoms with Gasteiger partial charge in [0.2, 0.25) is 0 Å². The van der Waals surface area contributed by atoms with Crippen LogP contribution in [0.5, 0.6) is 0 Å². The van der Waals surface area contributed by atoms with E-state index in [1.807, 2.05) is 12.1 Å². The molecule has 0 aliphatic carbocycles. The van der Waals surface area contributed by atoms with Crippen molar-refractivity contribution in [3.05, 3.63) is 40.6 Å². The first kappa shape index (κ1) is 12.1. The van der Waals surface area contributed by atoms with Gasteiger partial charge in [0.25, 0.3) is 0 Å². The summed E-state index contributed by atoms with van der Waals surface area (Å²) in [6, 6.07) is 8.21. The lowest BCUT2D eigenvalue weighted by Gasteiger charge is -1.93. The SMILES string of the molecule is CCOC(=O)C=Cc1ccc(-c2cccs2)s1. The highest BCUT2D eigenvalue weighted by atomic mass is 32.1. The first-order chi connectivity index (χ1) is 8.29. The number of hydrogen-bond donors (Lipinski definition) is 0. The molecule has 0 amide bonds. The van der Waals surface area contributed by atoms with E-state index < -0.39 is 0 Å². The topological polar surface area (TPSA) is 26.3 Å². The van der Waals surface area contributed by atoms with E-state index in [1.165, 1.54) is 15.8 Å². The zero-order valence-corrected chi connectivity index (χ0v) is 11.0. The van der Waals surface area contributed by atoms with Crippen molar-refractivity contribution in [2.45, 2.75) is 6.92 Å². The summed E-state index contributed by atoms with van der Waals surface area (Å²) >= 11 is 3.38. The molecule has 0 spiro atoms. The van der Waals surface area contributed by atoms with Crippen LogP contribution in [-0.2, 0) is 9.53 Å². The molecule has 0 saturated carbocycles. The Labute approximate surface area is 108 Å². The van der Waals surface area contributed by atoms with Gasteiger partial charge in [0.1, 0.15) is 0 Å². The molecule has 2 heterocycles. The van der Waals surface area contributed by atoms with Gasteiger partial charge < -0.3 is 4.74 Å². The smallest absolute Gasteiger partial charge is 0.330 e. The third-order valence-electron chi connectivity index (χ3n) is 2.06. The second-order valence-electron chi connectivity index (χ2n) is 3.26. The summed E-state index contributed by atoms with van der Waals surface area (Å²) in [5, 5.41) is 2.06. The number of carbonyl (C=O) groups excluding carboxylic acids is 1. The highest BCUT2D eigenvalue weighted by Crippen LogP contribution is 2.31. The zero-order valence-electron chi connectivity index (χ0n) is 9.38. The molecule has 88 valence electrons. The molecule has 17 heavy (non-hydrogen) atoms. The summed E-state index contributed by atoms with van der Waals surface area (Å²) in [6.45, 7) is 2.21. The number of thiophene rings is 2. The van der Waals surface area contributed by atoms with Gasteiger partial charge in [-0.1, -0.05) is 6.07 Å². The quantitative estimate of drug-likeness (QED) is 0.615. The lowest BCUT2D eigenvalue weighted by atomic mass is 10.3. The second kappa shape index (κ2) is 5.80. The Kier molecular flexibility index (Phi) is 4.12. The van der Waals surface area contributed by atoms with Gasteiger partial charge >= 0.3 is 5.97 Å². The minimum absolute atomic E-state index is 0.293. The average Bonchev–Trinajstić information content (AvgIpc) is 2.97. The Morgan fingerprint density at radius 3 is 2.94 bits per heavy atom. The van der Waals surface area contributed by atoms with Gasteiger partial charge in [-0.05, 0) is 36.6 Å². The van der Waals surface area contributed by atoms with E-state index in [2.05, 4.69) is 17.5 Å². The Balaban J connectivity index is 2.06. The normalized spacial score (nSPS) is 10.9. The van der Waals surface area contributed by atoms with Gasteiger partial charge in [-0.2, -0.15) is 0 Å². The molecule has 2 nitrogen and oxygen atoms in total. The average molecular weight is 264 g/mol. The molecular formula is C13H12O2S2. The van der Waals surface area contributed by atoms with Gasteiger partial charge in [0, 0.05) is 20.7 Å². The van der Waals surface area contributed by atoms with Gasteiger partial charge in [0.15, 0.2) is 0 Å². The molecule has 0 aromatic carbocycles. The first-order valence-corrected chi connectivity index (χ1v) is 6.97. The number of carbonyl (C=O) groups is 1. The van der Waals surface area contributed by atoms with E-state index in [0.717, 1.165) is 4.88 Å². The van der Waals surface area contributed by atoms with Crippen molar-refractivity contribution in [3.63, 3.8) is 0 Å². The van der Waals surface area contributed by atoms with E-state index in [-0.39, 0.29) is 5.97 Å². The van der Waals surface area contributed by atoms with Crippen LogP contribution in [0.1, 0.15) is 11.8 Å². The Morgan fingerprint density at radius 2 is 2.24 bits per heavy atom.